The highest BCUT2D eigenvalue weighted by atomic mass is 14.3. The van der Waals surface area contributed by atoms with E-state index in [0.29, 0.717) is 0 Å². The van der Waals surface area contributed by atoms with Gasteiger partial charge in [0, 0.05) is 0 Å². The fraction of sp³-hybridized carbons (Fsp3) is 0.667. The number of hydrogen-bond donors (Lipinski definition) is 0. The summed E-state index contributed by atoms with van der Waals surface area (Å²) in [6.07, 6.45) is 12.0. The molecule has 0 aliphatic heterocycles. The minimum atomic E-state index is 0.848. The second kappa shape index (κ2) is 3.08. The molecular formula is C12H18. The summed E-state index contributed by atoms with van der Waals surface area (Å²) in [5, 5.41) is 0. The van der Waals surface area contributed by atoms with Gasteiger partial charge in [-0.3, -0.25) is 0 Å². The summed E-state index contributed by atoms with van der Waals surface area (Å²) in [6, 6.07) is 0. The van der Waals surface area contributed by atoms with Gasteiger partial charge >= 0.3 is 0 Å². The van der Waals surface area contributed by atoms with Gasteiger partial charge in [0.1, 0.15) is 0 Å². The second-order valence-electron chi connectivity index (χ2n) is 4.52. The molecule has 0 N–H and O–H groups in total. The van der Waals surface area contributed by atoms with E-state index in [9.17, 15) is 0 Å². The summed E-state index contributed by atoms with van der Waals surface area (Å²) in [5.74, 6) is 3.53. The second-order valence-corrected chi connectivity index (χ2v) is 4.52. The van der Waals surface area contributed by atoms with Crippen LogP contribution in [-0.2, 0) is 0 Å². The average molecular weight is 162 g/mol. The Morgan fingerprint density at radius 3 is 1.67 bits per heavy atom. The summed E-state index contributed by atoms with van der Waals surface area (Å²) in [6.45, 7) is 4.79. The van der Waals surface area contributed by atoms with Gasteiger partial charge in [0.15, 0.2) is 0 Å². The van der Waals surface area contributed by atoms with Crippen molar-refractivity contribution in [2.75, 3.05) is 0 Å². The van der Waals surface area contributed by atoms with Crippen molar-refractivity contribution in [1.82, 2.24) is 0 Å². The summed E-state index contributed by atoms with van der Waals surface area (Å²) in [4.78, 5) is 0. The first-order chi connectivity index (χ1) is 5.77. The van der Waals surface area contributed by atoms with Crippen LogP contribution in [0.5, 0.6) is 0 Å². The van der Waals surface area contributed by atoms with E-state index in [2.05, 4.69) is 38.2 Å². The molecule has 1 saturated carbocycles. The number of rotatable bonds is 0. The molecule has 2 aliphatic carbocycles. The Balaban J connectivity index is 2.09. The molecule has 1 fully saturated rings. The molecule has 3 unspecified atom stereocenters. The third-order valence-electron chi connectivity index (χ3n) is 3.64. The molecule has 2 aliphatic rings. The third-order valence-corrected chi connectivity index (χ3v) is 3.64. The normalized spacial score (nSPS) is 45.8. The molecular weight excluding hydrogens is 144 g/mol. The maximum atomic E-state index is 2.40. The minimum Gasteiger partial charge on any atom is -0.0808 e. The Bertz CT molecular complexity index is 188. The summed E-state index contributed by atoms with van der Waals surface area (Å²) >= 11 is 0. The Kier molecular flexibility index (Phi) is 2.08. The van der Waals surface area contributed by atoms with E-state index in [0.717, 1.165) is 23.7 Å². The van der Waals surface area contributed by atoms with Crippen molar-refractivity contribution in [2.24, 2.45) is 23.7 Å². The largest absolute Gasteiger partial charge is 0.0808 e. The van der Waals surface area contributed by atoms with E-state index in [1.54, 1.807) is 0 Å². The van der Waals surface area contributed by atoms with Gasteiger partial charge in [0.25, 0.3) is 0 Å². The van der Waals surface area contributed by atoms with Crippen LogP contribution in [0.1, 0.15) is 26.7 Å². The van der Waals surface area contributed by atoms with E-state index in [4.69, 9.17) is 0 Å². The minimum absolute atomic E-state index is 0.848. The SMILES string of the molecule is CC1CC2C=CC=CC2C[C@@H]1C. The van der Waals surface area contributed by atoms with E-state index >= 15 is 0 Å². The molecule has 0 heteroatoms. The van der Waals surface area contributed by atoms with Gasteiger partial charge in [-0.25, -0.2) is 0 Å². The van der Waals surface area contributed by atoms with Crippen LogP contribution < -0.4 is 0 Å². The van der Waals surface area contributed by atoms with E-state index in [-0.39, 0.29) is 0 Å². The molecule has 2 rings (SSSR count). The highest BCUT2D eigenvalue weighted by Gasteiger charge is 2.30. The maximum absolute atomic E-state index is 2.40. The van der Waals surface area contributed by atoms with Crippen LogP contribution in [0.2, 0.25) is 0 Å². The van der Waals surface area contributed by atoms with Crippen molar-refractivity contribution in [3.63, 3.8) is 0 Å². The first-order valence-corrected chi connectivity index (χ1v) is 5.12. The van der Waals surface area contributed by atoms with Crippen molar-refractivity contribution in [3.8, 4) is 0 Å². The highest BCUT2D eigenvalue weighted by Crippen LogP contribution is 2.40. The quantitative estimate of drug-likeness (QED) is 0.512. The van der Waals surface area contributed by atoms with E-state index < -0.39 is 0 Å². The van der Waals surface area contributed by atoms with Crippen molar-refractivity contribution >= 4 is 0 Å². The lowest BCUT2D eigenvalue weighted by Gasteiger charge is -2.37. The topological polar surface area (TPSA) is 0 Å². The molecule has 66 valence electrons. The predicted molar refractivity (Wildman–Crippen MR) is 52.8 cm³/mol. The zero-order valence-electron chi connectivity index (χ0n) is 8.03. The third kappa shape index (κ3) is 1.35. The number of fused-ring (bicyclic) bond motifs is 1. The van der Waals surface area contributed by atoms with Gasteiger partial charge in [-0.1, -0.05) is 38.2 Å². The van der Waals surface area contributed by atoms with E-state index in [1.165, 1.54) is 12.8 Å². The molecule has 4 atom stereocenters. The molecule has 0 aromatic heterocycles. The molecule has 0 nitrogen and oxygen atoms in total. The van der Waals surface area contributed by atoms with Crippen LogP contribution in [0.25, 0.3) is 0 Å². The molecule has 12 heavy (non-hydrogen) atoms. The zero-order valence-corrected chi connectivity index (χ0v) is 8.03. The van der Waals surface area contributed by atoms with Crippen LogP contribution in [0.15, 0.2) is 24.3 Å². The van der Waals surface area contributed by atoms with Crippen LogP contribution in [-0.4, -0.2) is 0 Å². The van der Waals surface area contributed by atoms with Crippen molar-refractivity contribution in [3.05, 3.63) is 24.3 Å². The molecule has 0 spiro atoms. The highest BCUT2D eigenvalue weighted by molar-refractivity contribution is 5.15. The Labute approximate surface area is 75.4 Å². The molecule has 0 aromatic rings. The fourth-order valence-corrected chi connectivity index (χ4v) is 2.53. The summed E-state index contributed by atoms with van der Waals surface area (Å²) in [5.41, 5.74) is 0. The molecule has 0 aromatic carbocycles. The Morgan fingerprint density at radius 2 is 1.25 bits per heavy atom. The lowest BCUT2D eigenvalue weighted by molar-refractivity contribution is 0.190. The first-order valence-electron chi connectivity index (χ1n) is 5.12. The monoisotopic (exact) mass is 162 g/mol. The van der Waals surface area contributed by atoms with Crippen LogP contribution in [0.3, 0.4) is 0 Å². The summed E-state index contributed by atoms with van der Waals surface area (Å²) < 4.78 is 0. The van der Waals surface area contributed by atoms with Gasteiger partial charge < -0.3 is 0 Å². The Hall–Kier alpha value is -0.520. The average Bonchev–Trinajstić information content (AvgIpc) is 2.07. The number of hydrogen-bond acceptors (Lipinski definition) is 0. The van der Waals surface area contributed by atoms with Crippen LogP contribution in [0.4, 0.5) is 0 Å². The predicted octanol–water partition coefficient (Wildman–Crippen LogP) is 3.41. The van der Waals surface area contributed by atoms with Crippen molar-refractivity contribution in [1.29, 1.82) is 0 Å². The molecule has 0 saturated heterocycles. The maximum Gasteiger partial charge on any atom is -0.0165 e. The van der Waals surface area contributed by atoms with Crippen molar-refractivity contribution in [2.45, 2.75) is 26.7 Å². The Morgan fingerprint density at radius 1 is 0.833 bits per heavy atom. The van der Waals surface area contributed by atoms with Crippen LogP contribution >= 0.6 is 0 Å². The van der Waals surface area contributed by atoms with Gasteiger partial charge in [-0.15, -0.1) is 0 Å². The van der Waals surface area contributed by atoms with Gasteiger partial charge in [-0.05, 0) is 36.5 Å². The molecule has 0 bridgehead atoms. The molecule has 0 amide bonds. The summed E-state index contributed by atoms with van der Waals surface area (Å²) in [7, 11) is 0. The first kappa shape index (κ1) is 8.10. The lowest BCUT2D eigenvalue weighted by Crippen LogP contribution is -2.27. The molecule has 0 heterocycles. The van der Waals surface area contributed by atoms with E-state index in [1.807, 2.05) is 0 Å². The van der Waals surface area contributed by atoms with Crippen LogP contribution in [0, 0.1) is 23.7 Å². The van der Waals surface area contributed by atoms with Crippen molar-refractivity contribution < 1.29 is 0 Å². The van der Waals surface area contributed by atoms with Gasteiger partial charge in [-0.2, -0.15) is 0 Å². The lowest BCUT2D eigenvalue weighted by atomic mass is 9.68. The standard InChI is InChI=1S/C12H18/c1-9-7-11-5-3-4-6-12(11)8-10(9)2/h3-6,9-12H,7-8H2,1-2H3/t9-,10?,11?,12?/m0/s1. The van der Waals surface area contributed by atoms with Gasteiger partial charge in [0.05, 0.1) is 0 Å². The fourth-order valence-electron chi connectivity index (χ4n) is 2.53. The smallest absolute Gasteiger partial charge is 0.0165 e. The number of allylic oxidation sites excluding steroid dienone is 4. The zero-order chi connectivity index (χ0) is 8.55. The van der Waals surface area contributed by atoms with Gasteiger partial charge in [0.2, 0.25) is 0 Å². The molecule has 0 radical (unpaired) electrons.